The topological polar surface area (TPSA) is 76.0 Å². The number of allylic oxidation sites excluding steroid dienone is 1. The van der Waals surface area contributed by atoms with Gasteiger partial charge in [-0.15, -0.1) is 0 Å². The van der Waals surface area contributed by atoms with Crippen molar-refractivity contribution in [3.63, 3.8) is 0 Å². The van der Waals surface area contributed by atoms with E-state index in [0.29, 0.717) is 0 Å². The average molecular weight is 350 g/mol. The van der Waals surface area contributed by atoms with Gasteiger partial charge in [0.15, 0.2) is 12.1 Å². The number of rotatable bonds is 1. The van der Waals surface area contributed by atoms with Crippen molar-refractivity contribution in [2.45, 2.75) is 83.1 Å². The van der Waals surface area contributed by atoms with Gasteiger partial charge in [-0.2, -0.15) is 0 Å². The molecule has 2 bridgehead atoms. The number of ether oxygens (including phenoxy) is 2. The van der Waals surface area contributed by atoms with Gasteiger partial charge in [-0.25, -0.2) is 0 Å². The Labute approximate surface area is 149 Å². The highest BCUT2D eigenvalue weighted by molar-refractivity contribution is 5.94. The lowest BCUT2D eigenvalue weighted by Gasteiger charge is -2.57. The lowest BCUT2D eigenvalue weighted by molar-refractivity contribution is -0.277. The second kappa shape index (κ2) is 5.16. The molecule has 25 heavy (non-hydrogen) atoms. The Balaban J connectivity index is 1.92. The Morgan fingerprint density at radius 2 is 1.92 bits per heavy atom. The summed E-state index contributed by atoms with van der Waals surface area (Å²) in [5.74, 6) is -0.986. The SMILES string of the molecule is CC(C)=CC1OC2(C)CC(O)OC13C(C)C1CCC(C)C1(O)C(=O)C23. The minimum Gasteiger partial charge on any atom is -0.381 e. The Kier molecular flexibility index (Phi) is 3.64. The van der Waals surface area contributed by atoms with E-state index in [0.717, 1.165) is 18.4 Å². The number of aliphatic hydroxyl groups excluding tert-OH is 1. The Bertz CT molecular complexity index is 640. The van der Waals surface area contributed by atoms with Crippen LogP contribution in [0.5, 0.6) is 0 Å². The first-order chi connectivity index (χ1) is 11.6. The highest BCUT2D eigenvalue weighted by Gasteiger charge is 2.78. The van der Waals surface area contributed by atoms with Crippen molar-refractivity contribution in [2.75, 3.05) is 0 Å². The van der Waals surface area contributed by atoms with Gasteiger partial charge in [0, 0.05) is 12.3 Å². The van der Waals surface area contributed by atoms with Crippen molar-refractivity contribution < 1.29 is 24.5 Å². The van der Waals surface area contributed by atoms with Gasteiger partial charge >= 0.3 is 0 Å². The molecule has 2 N–H and O–H groups in total. The van der Waals surface area contributed by atoms with Crippen LogP contribution in [-0.4, -0.2) is 45.2 Å². The number of ketones is 1. The summed E-state index contributed by atoms with van der Waals surface area (Å²) >= 11 is 0. The van der Waals surface area contributed by atoms with Crippen molar-refractivity contribution in [1.82, 2.24) is 0 Å². The van der Waals surface area contributed by atoms with E-state index in [9.17, 15) is 15.0 Å². The average Bonchev–Trinajstić information content (AvgIpc) is 2.87. The van der Waals surface area contributed by atoms with E-state index in [1.807, 2.05) is 33.8 Å². The minimum absolute atomic E-state index is 0.0541. The van der Waals surface area contributed by atoms with Crippen LogP contribution in [0.25, 0.3) is 0 Å². The van der Waals surface area contributed by atoms with E-state index in [1.165, 1.54) is 0 Å². The molecule has 9 atom stereocenters. The molecule has 0 radical (unpaired) electrons. The summed E-state index contributed by atoms with van der Waals surface area (Å²) in [6.45, 7) is 9.93. The van der Waals surface area contributed by atoms with Gasteiger partial charge < -0.3 is 19.7 Å². The molecule has 4 fully saturated rings. The van der Waals surface area contributed by atoms with Gasteiger partial charge in [0.1, 0.15) is 17.3 Å². The number of carbonyl (C=O) groups is 1. The molecular weight excluding hydrogens is 320 g/mol. The van der Waals surface area contributed by atoms with E-state index < -0.39 is 29.0 Å². The van der Waals surface area contributed by atoms with Gasteiger partial charge in [-0.05, 0) is 45.4 Å². The third kappa shape index (κ3) is 1.96. The third-order valence-electron chi connectivity index (χ3n) is 7.51. The van der Waals surface area contributed by atoms with E-state index in [1.54, 1.807) is 0 Å². The van der Waals surface area contributed by atoms with Crippen LogP contribution >= 0.6 is 0 Å². The second-order valence-electron chi connectivity index (χ2n) is 9.22. The molecule has 4 rings (SSSR count). The third-order valence-corrected chi connectivity index (χ3v) is 7.51. The lowest BCUT2D eigenvalue weighted by Crippen LogP contribution is -2.72. The van der Waals surface area contributed by atoms with E-state index >= 15 is 0 Å². The molecule has 0 aromatic carbocycles. The Morgan fingerprint density at radius 1 is 1.24 bits per heavy atom. The fourth-order valence-electron chi connectivity index (χ4n) is 6.43. The summed E-state index contributed by atoms with van der Waals surface area (Å²) < 4.78 is 12.6. The van der Waals surface area contributed by atoms with Crippen LogP contribution in [-0.2, 0) is 14.3 Å². The smallest absolute Gasteiger partial charge is 0.173 e. The maximum absolute atomic E-state index is 13.6. The van der Waals surface area contributed by atoms with Crippen LogP contribution < -0.4 is 0 Å². The molecule has 0 amide bonds. The number of Topliss-reactive ketones (excluding diaryl/α,β-unsaturated/α-hetero) is 1. The van der Waals surface area contributed by atoms with Gasteiger partial charge in [-0.3, -0.25) is 4.79 Å². The molecular formula is C20H30O5. The zero-order valence-corrected chi connectivity index (χ0v) is 15.8. The highest BCUT2D eigenvalue weighted by Crippen LogP contribution is 2.65. The largest absolute Gasteiger partial charge is 0.381 e. The molecule has 2 saturated heterocycles. The molecule has 2 heterocycles. The number of aliphatic hydroxyl groups is 2. The normalized spacial score (nSPS) is 57.2. The van der Waals surface area contributed by atoms with Gasteiger partial charge in [0.2, 0.25) is 0 Å². The summed E-state index contributed by atoms with van der Waals surface area (Å²) in [4.78, 5) is 13.6. The lowest BCUT2D eigenvalue weighted by atomic mass is 9.52. The van der Waals surface area contributed by atoms with E-state index in [4.69, 9.17) is 9.47 Å². The quantitative estimate of drug-likeness (QED) is 0.709. The van der Waals surface area contributed by atoms with Gasteiger partial charge in [0.25, 0.3) is 0 Å². The molecule has 5 heteroatoms. The first-order valence-electron chi connectivity index (χ1n) is 9.52. The van der Waals surface area contributed by atoms with Crippen molar-refractivity contribution in [3.8, 4) is 0 Å². The van der Waals surface area contributed by atoms with Gasteiger partial charge in [-0.1, -0.05) is 25.5 Å². The summed E-state index contributed by atoms with van der Waals surface area (Å²) in [5.41, 5.74) is -1.93. The predicted octanol–water partition coefficient (Wildman–Crippen LogP) is 2.20. The monoisotopic (exact) mass is 350 g/mol. The Hall–Kier alpha value is -0.750. The summed E-state index contributed by atoms with van der Waals surface area (Å²) in [6.07, 6.45) is 2.58. The Morgan fingerprint density at radius 3 is 2.56 bits per heavy atom. The van der Waals surface area contributed by atoms with Crippen molar-refractivity contribution in [3.05, 3.63) is 11.6 Å². The van der Waals surface area contributed by atoms with Crippen molar-refractivity contribution in [2.24, 2.45) is 23.7 Å². The van der Waals surface area contributed by atoms with Crippen molar-refractivity contribution >= 4 is 5.78 Å². The maximum atomic E-state index is 13.6. The molecule has 0 spiro atoms. The van der Waals surface area contributed by atoms with Crippen molar-refractivity contribution in [1.29, 1.82) is 0 Å². The molecule has 5 nitrogen and oxygen atoms in total. The van der Waals surface area contributed by atoms with Gasteiger partial charge in [0.05, 0.1) is 11.5 Å². The standard InChI is InChI=1S/C20H30O5/c1-10(2)8-14-20-12(4)13-7-6-11(3)19(13,23)17(22)16(20)18(5,24-14)9-15(21)25-20/h8,11-16,21,23H,6-7,9H2,1-5H3. The van der Waals surface area contributed by atoms with Crippen LogP contribution in [0, 0.1) is 23.7 Å². The van der Waals surface area contributed by atoms with Crippen LogP contribution in [0.1, 0.15) is 53.9 Å². The first-order valence-corrected chi connectivity index (χ1v) is 9.52. The fraction of sp³-hybridized carbons (Fsp3) is 0.850. The number of fused-ring (bicyclic) bond motifs is 1. The predicted molar refractivity (Wildman–Crippen MR) is 91.6 cm³/mol. The van der Waals surface area contributed by atoms with Crippen LogP contribution in [0.2, 0.25) is 0 Å². The van der Waals surface area contributed by atoms with Crippen LogP contribution in [0.3, 0.4) is 0 Å². The molecule has 4 aliphatic rings. The number of hydrogen-bond donors (Lipinski definition) is 2. The first kappa shape index (κ1) is 17.7. The summed E-state index contributed by atoms with van der Waals surface area (Å²) in [5, 5.41) is 21.8. The molecule has 9 unspecified atom stereocenters. The molecule has 2 saturated carbocycles. The molecule has 2 aliphatic heterocycles. The maximum Gasteiger partial charge on any atom is 0.173 e. The van der Waals surface area contributed by atoms with E-state index in [2.05, 4.69) is 6.92 Å². The number of carbonyl (C=O) groups excluding carboxylic acids is 1. The fourth-order valence-corrected chi connectivity index (χ4v) is 6.43. The van der Waals surface area contributed by atoms with Crippen LogP contribution in [0.4, 0.5) is 0 Å². The second-order valence-corrected chi connectivity index (χ2v) is 9.22. The summed E-state index contributed by atoms with van der Waals surface area (Å²) in [6, 6.07) is 0. The molecule has 0 aromatic rings. The van der Waals surface area contributed by atoms with Crippen LogP contribution in [0.15, 0.2) is 11.6 Å². The molecule has 0 aromatic heterocycles. The zero-order chi connectivity index (χ0) is 18.4. The van der Waals surface area contributed by atoms with E-state index in [-0.39, 0.29) is 36.1 Å². The highest BCUT2D eigenvalue weighted by atomic mass is 16.7. The molecule has 2 aliphatic carbocycles. The zero-order valence-electron chi connectivity index (χ0n) is 15.8. The summed E-state index contributed by atoms with van der Waals surface area (Å²) in [7, 11) is 0. The minimum atomic E-state index is -1.30. The molecule has 140 valence electrons. The number of hydrogen-bond acceptors (Lipinski definition) is 5.